The van der Waals surface area contributed by atoms with Gasteiger partial charge in [-0.1, -0.05) is 13.3 Å². The van der Waals surface area contributed by atoms with Crippen LogP contribution in [0.5, 0.6) is 0 Å². The average molecular weight is 188 g/mol. The van der Waals surface area contributed by atoms with Gasteiger partial charge in [0.15, 0.2) is 0 Å². The van der Waals surface area contributed by atoms with Crippen LogP contribution >= 0.6 is 0 Å². The van der Waals surface area contributed by atoms with Crippen molar-refractivity contribution in [2.24, 2.45) is 5.73 Å². The predicted octanol–water partition coefficient (Wildman–Crippen LogP) is 0.818. The van der Waals surface area contributed by atoms with E-state index in [1.807, 2.05) is 0 Å². The molecule has 0 aromatic carbocycles. The zero-order valence-electron chi connectivity index (χ0n) is 9.21. The van der Waals surface area contributed by atoms with Gasteiger partial charge in [0.1, 0.15) is 0 Å². The summed E-state index contributed by atoms with van der Waals surface area (Å²) >= 11 is 0. The van der Waals surface area contributed by atoms with Gasteiger partial charge in [0.25, 0.3) is 0 Å². The Morgan fingerprint density at radius 3 is 2.31 bits per heavy atom. The molecule has 0 aliphatic carbocycles. The molecule has 0 aliphatic heterocycles. The summed E-state index contributed by atoms with van der Waals surface area (Å²) in [5.74, 6) is 0. The number of nitrogens with zero attached hydrogens (tertiary/aromatic N) is 1. The van der Waals surface area contributed by atoms with E-state index in [2.05, 4.69) is 25.7 Å². The normalized spacial score (nSPS) is 12.5. The lowest BCUT2D eigenvalue weighted by Crippen LogP contribution is -2.50. The van der Waals surface area contributed by atoms with Crippen LogP contribution in [0.1, 0.15) is 33.6 Å². The highest BCUT2D eigenvalue weighted by molar-refractivity contribution is 4.82. The third kappa shape index (κ3) is 4.60. The molecule has 0 saturated heterocycles. The smallest absolute Gasteiger partial charge is 0.0558 e. The molecular weight excluding hydrogens is 164 g/mol. The van der Waals surface area contributed by atoms with Crippen molar-refractivity contribution in [3.63, 3.8) is 0 Å². The predicted molar refractivity (Wildman–Crippen MR) is 56.7 cm³/mol. The van der Waals surface area contributed by atoms with Crippen LogP contribution in [-0.4, -0.2) is 41.8 Å². The fraction of sp³-hybridized carbons (Fsp3) is 1.00. The molecule has 13 heavy (non-hydrogen) atoms. The second-order valence-electron chi connectivity index (χ2n) is 4.08. The van der Waals surface area contributed by atoms with E-state index in [0.29, 0.717) is 6.54 Å². The van der Waals surface area contributed by atoms with Crippen LogP contribution in [0.25, 0.3) is 0 Å². The topological polar surface area (TPSA) is 49.5 Å². The third-order valence-corrected chi connectivity index (χ3v) is 2.51. The first-order valence-corrected chi connectivity index (χ1v) is 5.14. The van der Waals surface area contributed by atoms with E-state index in [0.717, 1.165) is 13.1 Å². The van der Waals surface area contributed by atoms with Gasteiger partial charge in [-0.2, -0.15) is 0 Å². The maximum atomic E-state index is 8.91. The first-order valence-electron chi connectivity index (χ1n) is 5.14. The molecule has 3 N–H and O–H groups in total. The molecule has 0 amide bonds. The van der Waals surface area contributed by atoms with Gasteiger partial charge in [0, 0.05) is 18.6 Å². The first-order chi connectivity index (χ1) is 6.08. The number of hydrogen-bond acceptors (Lipinski definition) is 3. The molecule has 0 spiro atoms. The quantitative estimate of drug-likeness (QED) is 0.622. The highest BCUT2D eigenvalue weighted by Crippen LogP contribution is 2.12. The molecule has 0 aromatic rings. The van der Waals surface area contributed by atoms with Crippen molar-refractivity contribution in [1.29, 1.82) is 0 Å². The van der Waals surface area contributed by atoms with Crippen molar-refractivity contribution in [2.75, 3.05) is 26.2 Å². The van der Waals surface area contributed by atoms with Gasteiger partial charge >= 0.3 is 0 Å². The Bertz CT molecular complexity index is 126. The molecular formula is C10H24N2O. The lowest BCUT2D eigenvalue weighted by atomic mass is 10.0. The summed E-state index contributed by atoms with van der Waals surface area (Å²) in [5.41, 5.74) is 5.70. The summed E-state index contributed by atoms with van der Waals surface area (Å²) in [4.78, 5) is 2.26. The fourth-order valence-electron chi connectivity index (χ4n) is 1.32. The zero-order valence-corrected chi connectivity index (χ0v) is 9.21. The van der Waals surface area contributed by atoms with Crippen molar-refractivity contribution in [3.8, 4) is 0 Å². The molecule has 0 saturated carbocycles. The number of hydrogen-bond donors (Lipinski definition) is 2. The van der Waals surface area contributed by atoms with E-state index in [9.17, 15) is 0 Å². The van der Waals surface area contributed by atoms with Crippen LogP contribution in [0.4, 0.5) is 0 Å². The molecule has 0 rings (SSSR count). The fourth-order valence-corrected chi connectivity index (χ4v) is 1.32. The van der Waals surface area contributed by atoms with Gasteiger partial charge in [-0.15, -0.1) is 0 Å². The molecule has 0 radical (unpaired) electrons. The van der Waals surface area contributed by atoms with Crippen LogP contribution in [0, 0.1) is 0 Å². The molecule has 0 unspecified atom stereocenters. The molecule has 0 aliphatic rings. The number of β-amino-alcohol motifs (C(OH)–C–C–N with tert-alkyl or cyclic N) is 1. The van der Waals surface area contributed by atoms with Crippen molar-refractivity contribution in [2.45, 2.75) is 39.2 Å². The highest BCUT2D eigenvalue weighted by Gasteiger charge is 2.23. The molecule has 3 nitrogen and oxygen atoms in total. The zero-order chi connectivity index (χ0) is 10.3. The van der Waals surface area contributed by atoms with Gasteiger partial charge < -0.3 is 10.8 Å². The van der Waals surface area contributed by atoms with E-state index >= 15 is 0 Å². The Balaban J connectivity index is 4.05. The molecule has 3 heteroatoms. The minimum absolute atomic E-state index is 0.0118. The van der Waals surface area contributed by atoms with E-state index < -0.39 is 0 Å². The standard InChI is InChI=1S/C10H24N2O/c1-4-5-6-12(7-8-13)10(2,3)9-11/h13H,4-9,11H2,1-3H3. The monoisotopic (exact) mass is 188 g/mol. The van der Waals surface area contributed by atoms with Crippen LogP contribution < -0.4 is 5.73 Å². The summed E-state index contributed by atoms with van der Waals surface area (Å²) in [6.45, 7) is 9.03. The van der Waals surface area contributed by atoms with E-state index in [-0.39, 0.29) is 12.1 Å². The van der Waals surface area contributed by atoms with Gasteiger partial charge in [0.2, 0.25) is 0 Å². The number of aliphatic hydroxyl groups excluding tert-OH is 1. The van der Waals surface area contributed by atoms with Crippen LogP contribution in [-0.2, 0) is 0 Å². The van der Waals surface area contributed by atoms with Crippen molar-refractivity contribution in [1.82, 2.24) is 4.90 Å². The van der Waals surface area contributed by atoms with E-state index in [4.69, 9.17) is 10.8 Å². The first kappa shape index (κ1) is 12.9. The number of rotatable bonds is 7. The molecule has 0 fully saturated rings. The Morgan fingerprint density at radius 1 is 1.31 bits per heavy atom. The summed E-state index contributed by atoms with van der Waals surface area (Å²) in [5, 5.41) is 8.91. The van der Waals surface area contributed by atoms with Crippen molar-refractivity contribution in [3.05, 3.63) is 0 Å². The van der Waals surface area contributed by atoms with E-state index in [1.165, 1.54) is 12.8 Å². The number of aliphatic hydroxyl groups is 1. The van der Waals surface area contributed by atoms with Gasteiger partial charge in [-0.05, 0) is 26.8 Å². The number of unbranched alkanes of at least 4 members (excludes halogenated alkanes) is 1. The SMILES string of the molecule is CCCCN(CCO)C(C)(C)CN. The lowest BCUT2D eigenvalue weighted by molar-refractivity contribution is 0.0971. The molecule has 80 valence electrons. The molecule has 0 bridgehead atoms. The van der Waals surface area contributed by atoms with Crippen molar-refractivity contribution < 1.29 is 5.11 Å². The molecule has 0 heterocycles. The lowest BCUT2D eigenvalue weighted by Gasteiger charge is -2.37. The average Bonchev–Trinajstić information content (AvgIpc) is 2.12. The van der Waals surface area contributed by atoms with Gasteiger partial charge in [0.05, 0.1) is 6.61 Å². The summed E-state index contributed by atoms with van der Waals surface area (Å²) in [7, 11) is 0. The Hall–Kier alpha value is -0.120. The summed E-state index contributed by atoms with van der Waals surface area (Å²) < 4.78 is 0. The van der Waals surface area contributed by atoms with Gasteiger partial charge in [-0.3, -0.25) is 4.90 Å². The second kappa shape index (κ2) is 6.35. The Kier molecular flexibility index (Phi) is 6.29. The maximum absolute atomic E-state index is 8.91. The van der Waals surface area contributed by atoms with E-state index in [1.54, 1.807) is 0 Å². The largest absolute Gasteiger partial charge is 0.395 e. The van der Waals surface area contributed by atoms with Gasteiger partial charge in [-0.25, -0.2) is 0 Å². The number of nitrogens with two attached hydrogens (primary N) is 1. The second-order valence-corrected chi connectivity index (χ2v) is 4.08. The van der Waals surface area contributed by atoms with Crippen LogP contribution in [0.3, 0.4) is 0 Å². The Morgan fingerprint density at radius 2 is 1.92 bits per heavy atom. The molecule has 0 aromatic heterocycles. The highest BCUT2D eigenvalue weighted by atomic mass is 16.3. The van der Waals surface area contributed by atoms with Crippen LogP contribution in [0.15, 0.2) is 0 Å². The molecule has 0 atom stereocenters. The van der Waals surface area contributed by atoms with Crippen LogP contribution in [0.2, 0.25) is 0 Å². The summed E-state index contributed by atoms with van der Waals surface area (Å²) in [6.07, 6.45) is 2.35. The third-order valence-electron chi connectivity index (χ3n) is 2.51. The summed E-state index contributed by atoms with van der Waals surface area (Å²) in [6, 6.07) is 0. The Labute approximate surface area is 81.9 Å². The minimum atomic E-state index is 0.0118. The van der Waals surface area contributed by atoms with Crippen molar-refractivity contribution >= 4 is 0 Å². The maximum Gasteiger partial charge on any atom is 0.0558 e. The minimum Gasteiger partial charge on any atom is -0.395 e.